The first kappa shape index (κ1) is 24.0. The first-order valence-electron chi connectivity index (χ1n) is 13.2. The summed E-state index contributed by atoms with van der Waals surface area (Å²) in [6.45, 7) is 0. The SMILES string of the molecule is O=c1c2ccccc2n2c3cc4c(cc3c(=O)c3cc(Br)cc1c32)c(=O)c1cc(Br)cc2c(=O)c3ccccc3n4c21. The minimum Gasteiger partial charge on any atom is -0.307 e. The molecule has 9 rings (SSSR count). The van der Waals surface area contributed by atoms with Crippen LogP contribution >= 0.6 is 31.9 Å². The zero-order chi connectivity index (χ0) is 28.6. The maximum absolute atomic E-state index is 14.1. The van der Waals surface area contributed by atoms with Crippen LogP contribution in [0.25, 0.3) is 76.2 Å². The van der Waals surface area contributed by atoms with Crippen molar-refractivity contribution in [3.05, 3.63) is 135 Å². The van der Waals surface area contributed by atoms with E-state index in [4.69, 9.17) is 0 Å². The quantitative estimate of drug-likeness (QED) is 0.129. The molecule has 0 aliphatic heterocycles. The molecule has 6 nitrogen and oxygen atoms in total. The van der Waals surface area contributed by atoms with Crippen molar-refractivity contribution in [1.82, 2.24) is 8.80 Å². The number of fused-ring (bicyclic) bond motifs is 8. The molecule has 42 heavy (non-hydrogen) atoms. The van der Waals surface area contributed by atoms with Crippen molar-refractivity contribution in [2.75, 3.05) is 0 Å². The number of rotatable bonds is 0. The standard InChI is InChI=1S/C34H14Br2N2O4/c35-15-9-21-29-23(11-15)33(41)19-13-20-28(14-27(19)37(29)25-7-3-1-5-17(25)31(21)39)38-26-8-4-2-6-18(26)32(40)22-10-16(36)12-24(30(22)38)34(20)42/h1-14H. The minimum atomic E-state index is -0.267. The van der Waals surface area contributed by atoms with Crippen molar-refractivity contribution < 1.29 is 0 Å². The largest absolute Gasteiger partial charge is 0.307 e. The van der Waals surface area contributed by atoms with Gasteiger partial charge in [-0.15, -0.1) is 0 Å². The number of aromatic nitrogens is 2. The number of hydrogen-bond acceptors (Lipinski definition) is 4. The molecule has 0 N–H and O–H groups in total. The van der Waals surface area contributed by atoms with E-state index in [1.807, 2.05) is 51.3 Å². The molecule has 0 spiro atoms. The van der Waals surface area contributed by atoms with Gasteiger partial charge >= 0.3 is 0 Å². The van der Waals surface area contributed by atoms with Gasteiger partial charge in [0.05, 0.1) is 33.1 Å². The van der Waals surface area contributed by atoms with E-state index >= 15 is 0 Å². The van der Waals surface area contributed by atoms with Crippen molar-refractivity contribution in [3.63, 3.8) is 0 Å². The molecule has 0 aliphatic rings. The Kier molecular flexibility index (Phi) is 4.57. The van der Waals surface area contributed by atoms with Gasteiger partial charge in [-0.2, -0.15) is 0 Å². The van der Waals surface area contributed by atoms with Crippen LogP contribution in [0.3, 0.4) is 0 Å². The van der Waals surface area contributed by atoms with E-state index in [1.165, 1.54) is 0 Å². The fourth-order valence-electron chi connectivity index (χ4n) is 6.73. The van der Waals surface area contributed by atoms with Crippen LogP contribution in [0.15, 0.2) is 113 Å². The molecule has 0 amide bonds. The summed E-state index contributed by atoms with van der Waals surface area (Å²) >= 11 is 6.98. The molecule has 0 aliphatic carbocycles. The van der Waals surface area contributed by atoms with Crippen LogP contribution in [0.2, 0.25) is 0 Å². The summed E-state index contributed by atoms with van der Waals surface area (Å²) < 4.78 is 5.15. The van der Waals surface area contributed by atoms with Crippen molar-refractivity contribution in [1.29, 1.82) is 0 Å². The molecule has 198 valence electrons. The number of halogens is 2. The van der Waals surface area contributed by atoms with E-state index in [0.717, 1.165) is 0 Å². The predicted octanol–water partition coefficient (Wildman–Crippen LogP) is 6.95. The van der Waals surface area contributed by atoms with E-state index in [-0.39, 0.29) is 21.7 Å². The zero-order valence-electron chi connectivity index (χ0n) is 21.4. The molecule has 8 heteroatoms. The molecule has 4 heterocycles. The lowest BCUT2D eigenvalue weighted by atomic mass is 9.99. The van der Waals surface area contributed by atoms with Gasteiger partial charge in [0.1, 0.15) is 0 Å². The van der Waals surface area contributed by atoms with Crippen molar-refractivity contribution in [2.24, 2.45) is 0 Å². The average Bonchev–Trinajstić information content (AvgIpc) is 3.00. The van der Waals surface area contributed by atoms with Gasteiger partial charge in [-0.05, 0) is 60.7 Å². The number of para-hydroxylation sites is 2. The monoisotopic (exact) mass is 672 g/mol. The lowest BCUT2D eigenvalue weighted by molar-refractivity contribution is 1.28. The van der Waals surface area contributed by atoms with E-state index in [9.17, 15) is 19.2 Å². The van der Waals surface area contributed by atoms with Gasteiger partial charge in [0.25, 0.3) is 0 Å². The molecule has 0 radical (unpaired) electrons. The van der Waals surface area contributed by atoms with E-state index in [1.54, 1.807) is 42.5 Å². The lowest BCUT2D eigenvalue weighted by Gasteiger charge is -2.18. The molecule has 0 saturated carbocycles. The Morgan fingerprint density at radius 2 is 0.738 bits per heavy atom. The smallest absolute Gasteiger partial charge is 0.197 e. The Bertz CT molecular complexity index is 2770. The topological polar surface area (TPSA) is 77.1 Å². The number of hydrogen-bond donors (Lipinski definition) is 0. The Morgan fingerprint density at radius 1 is 0.381 bits per heavy atom. The maximum atomic E-state index is 14.1. The molecular weight excluding hydrogens is 660 g/mol. The summed E-state index contributed by atoms with van der Waals surface area (Å²) in [6, 6.07) is 25.1. The second-order valence-electron chi connectivity index (χ2n) is 10.6. The van der Waals surface area contributed by atoms with Crippen LogP contribution in [0, 0.1) is 0 Å². The van der Waals surface area contributed by atoms with Crippen molar-refractivity contribution in [3.8, 4) is 0 Å². The fourth-order valence-corrected chi connectivity index (χ4v) is 7.64. The van der Waals surface area contributed by atoms with Crippen LogP contribution in [-0.2, 0) is 0 Å². The van der Waals surface area contributed by atoms with Crippen LogP contribution in [0.5, 0.6) is 0 Å². The second kappa shape index (κ2) is 8.00. The first-order valence-corrected chi connectivity index (χ1v) is 14.7. The molecule has 4 aromatic heterocycles. The molecule has 5 aromatic carbocycles. The summed E-state index contributed by atoms with van der Waals surface area (Å²) in [6.07, 6.45) is 0. The Labute approximate surface area is 250 Å². The Balaban J connectivity index is 1.69. The summed E-state index contributed by atoms with van der Waals surface area (Å²) in [4.78, 5) is 55.5. The van der Waals surface area contributed by atoms with Gasteiger partial charge in [-0.1, -0.05) is 56.1 Å². The molecule has 9 aromatic rings. The third-order valence-corrected chi connectivity index (χ3v) is 9.36. The van der Waals surface area contributed by atoms with Gasteiger partial charge in [-0.3, -0.25) is 19.2 Å². The minimum absolute atomic E-state index is 0.156. The van der Waals surface area contributed by atoms with Crippen LogP contribution in [-0.4, -0.2) is 8.80 Å². The maximum Gasteiger partial charge on any atom is 0.197 e. The molecular formula is C34H14Br2N2O4. The predicted molar refractivity (Wildman–Crippen MR) is 176 cm³/mol. The van der Waals surface area contributed by atoms with Crippen LogP contribution in [0.1, 0.15) is 0 Å². The summed E-state index contributed by atoms with van der Waals surface area (Å²) in [7, 11) is 0. The van der Waals surface area contributed by atoms with Gasteiger partial charge in [0.15, 0.2) is 21.7 Å². The van der Waals surface area contributed by atoms with E-state index in [0.29, 0.717) is 85.1 Å². The molecule has 0 saturated heterocycles. The van der Waals surface area contributed by atoms with Crippen molar-refractivity contribution >= 4 is 108 Å². The average molecular weight is 674 g/mol. The number of pyridine rings is 4. The third kappa shape index (κ3) is 2.83. The highest BCUT2D eigenvalue weighted by molar-refractivity contribution is 9.10. The normalized spacial score (nSPS) is 12.4. The number of benzene rings is 5. The fraction of sp³-hybridized carbons (Fsp3) is 0. The second-order valence-corrected chi connectivity index (χ2v) is 12.4. The highest BCUT2D eigenvalue weighted by Gasteiger charge is 2.22. The van der Waals surface area contributed by atoms with Crippen LogP contribution < -0.4 is 21.7 Å². The van der Waals surface area contributed by atoms with Gasteiger partial charge in [0, 0.05) is 52.0 Å². The summed E-state index contributed by atoms with van der Waals surface area (Å²) in [5.74, 6) is 0. The Morgan fingerprint density at radius 3 is 1.14 bits per heavy atom. The summed E-state index contributed by atoms with van der Waals surface area (Å²) in [5, 5.41) is 3.40. The molecule has 0 fully saturated rings. The zero-order valence-corrected chi connectivity index (χ0v) is 24.5. The highest BCUT2D eigenvalue weighted by Crippen LogP contribution is 2.33. The number of nitrogens with zero attached hydrogens (tertiary/aromatic N) is 2. The first-order chi connectivity index (χ1) is 20.3. The van der Waals surface area contributed by atoms with E-state index < -0.39 is 0 Å². The lowest BCUT2D eigenvalue weighted by Crippen LogP contribution is -2.17. The molecule has 0 atom stereocenters. The molecule has 0 bridgehead atoms. The molecule has 0 unspecified atom stereocenters. The summed E-state index contributed by atoms with van der Waals surface area (Å²) in [5.41, 5.74) is 2.67. The van der Waals surface area contributed by atoms with E-state index in [2.05, 4.69) is 31.9 Å². The highest BCUT2D eigenvalue weighted by atomic mass is 79.9. The van der Waals surface area contributed by atoms with Gasteiger partial charge in [0.2, 0.25) is 0 Å². The van der Waals surface area contributed by atoms with Crippen LogP contribution in [0.4, 0.5) is 0 Å². The van der Waals surface area contributed by atoms with Gasteiger partial charge in [-0.25, -0.2) is 0 Å². The Hall–Kier alpha value is -4.66. The van der Waals surface area contributed by atoms with Gasteiger partial charge < -0.3 is 8.80 Å². The van der Waals surface area contributed by atoms with Crippen molar-refractivity contribution in [2.45, 2.75) is 0 Å². The third-order valence-electron chi connectivity index (χ3n) is 8.44.